The van der Waals surface area contributed by atoms with E-state index < -0.39 is 0 Å². The molecule has 0 amide bonds. The van der Waals surface area contributed by atoms with Gasteiger partial charge in [0.1, 0.15) is 0 Å². The minimum atomic E-state index is -0.354. The highest BCUT2D eigenvalue weighted by molar-refractivity contribution is 5.15. The van der Waals surface area contributed by atoms with Crippen LogP contribution in [0.25, 0.3) is 0 Å². The molecule has 4 saturated carbocycles. The zero-order chi connectivity index (χ0) is 18.7. The Morgan fingerprint density at radius 3 is 2.38 bits per heavy atom. The molecule has 1 heteroatoms. The molecule has 8 atom stereocenters. The minimum absolute atomic E-state index is 0.354. The van der Waals surface area contributed by atoms with E-state index in [2.05, 4.69) is 34.3 Å². The molecule has 26 heavy (non-hydrogen) atoms. The normalized spacial score (nSPS) is 53.5. The van der Waals surface area contributed by atoms with Crippen LogP contribution >= 0.6 is 0 Å². The first kappa shape index (κ1) is 19.0. The lowest BCUT2D eigenvalue weighted by Gasteiger charge is -2.62. The van der Waals surface area contributed by atoms with E-state index in [0.29, 0.717) is 10.8 Å². The van der Waals surface area contributed by atoms with E-state index in [0.717, 1.165) is 55.3 Å². The zero-order valence-corrected chi connectivity index (χ0v) is 17.8. The van der Waals surface area contributed by atoms with Crippen molar-refractivity contribution in [2.45, 2.75) is 104 Å². The predicted octanol–water partition coefficient (Wildman–Crippen LogP) is 6.75. The average molecular weight is 359 g/mol. The maximum atomic E-state index is 11.1. The Morgan fingerprint density at radius 1 is 0.962 bits per heavy atom. The molecule has 1 N–H and O–H groups in total. The third-order valence-corrected chi connectivity index (χ3v) is 10.1. The van der Waals surface area contributed by atoms with E-state index in [4.69, 9.17) is 0 Å². The highest BCUT2D eigenvalue weighted by Crippen LogP contribution is 2.68. The fourth-order valence-electron chi connectivity index (χ4n) is 8.82. The molecular formula is C25H42O. The summed E-state index contributed by atoms with van der Waals surface area (Å²) in [7, 11) is 0. The van der Waals surface area contributed by atoms with Crippen molar-refractivity contribution in [1.29, 1.82) is 0 Å². The second kappa shape index (κ2) is 6.36. The molecule has 0 bridgehead atoms. The summed E-state index contributed by atoms with van der Waals surface area (Å²) in [5.74, 6) is 4.31. The standard InChI is InChI=1S/C25H42O/c1-6-12-25(26)15-14-23(4)18(16-25)7-8-19-21-10-9-20(17(2)3)24(21,5)13-11-22(19)23/h18-22,26H,2,6-16H2,1,3-5H3/t18-,19-,20+,21-,22-,23-,24+,25+/m0/s1. The van der Waals surface area contributed by atoms with Gasteiger partial charge in [-0.1, -0.05) is 39.3 Å². The molecule has 0 aromatic carbocycles. The van der Waals surface area contributed by atoms with Crippen LogP contribution in [0.3, 0.4) is 0 Å². The second-order valence-electron chi connectivity index (χ2n) is 11.4. The lowest BCUT2D eigenvalue weighted by Crippen LogP contribution is -2.55. The van der Waals surface area contributed by atoms with E-state index >= 15 is 0 Å². The molecule has 0 saturated heterocycles. The quantitative estimate of drug-likeness (QED) is 0.553. The number of allylic oxidation sites excluding steroid dienone is 1. The molecule has 0 aromatic rings. The molecule has 0 aliphatic heterocycles. The van der Waals surface area contributed by atoms with Crippen molar-refractivity contribution < 1.29 is 5.11 Å². The number of rotatable bonds is 3. The summed E-state index contributed by atoms with van der Waals surface area (Å²) in [4.78, 5) is 0. The molecule has 0 spiro atoms. The lowest BCUT2D eigenvalue weighted by molar-refractivity contribution is -0.151. The first-order valence-corrected chi connectivity index (χ1v) is 11.6. The van der Waals surface area contributed by atoms with Gasteiger partial charge in [-0.2, -0.15) is 0 Å². The van der Waals surface area contributed by atoms with Gasteiger partial charge in [0, 0.05) is 0 Å². The first-order chi connectivity index (χ1) is 12.2. The van der Waals surface area contributed by atoms with Gasteiger partial charge < -0.3 is 5.11 Å². The number of fused-ring (bicyclic) bond motifs is 5. The largest absolute Gasteiger partial charge is 0.390 e. The molecule has 4 aliphatic rings. The molecule has 0 unspecified atom stereocenters. The highest BCUT2D eigenvalue weighted by atomic mass is 16.3. The summed E-state index contributed by atoms with van der Waals surface area (Å²) < 4.78 is 0. The van der Waals surface area contributed by atoms with Gasteiger partial charge in [0.05, 0.1) is 5.60 Å². The molecule has 4 aliphatic carbocycles. The van der Waals surface area contributed by atoms with E-state index in [9.17, 15) is 5.11 Å². The number of hydrogen-bond donors (Lipinski definition) is 1. The third kappa shape index (κ3) is 2.66. The Hall–Kier alpha value is -0.300. The summed E-state index contributed by atoms with van der Waals surface area (Å²) in [6.07, 6.45) is 14.0. The van der Waals surface area contributed by atoms with Gasteiger partial charge >= 0.3 is 0 Å². The number of aliphatic hydroxyl groups is 1. The molecule has 1 nitrogen and oxygen atoms in total. The maximum Gasteiger partial charge on any atom is 0.0650 e. The summed E-state index contributed by atoms with van der Waals surface area (Å²) >= 11 is 0. The SMILES string of the molecule is C=C(C)[C@H]1CC[C@H]2[C@@H]3CC[C@H]4C[C@@](O)(CCC)CC[C@]4(C)[C@H]3CC[C@]12C. The van der Waals surface area contributed by atoms with Crippen LogP contribution in [-0.2, 0) is 0 Å². The molecule has 4 rings (SSSR count). The van der Waals surface area contributed by atoms with Crippen LogP contribution in [0.15, 0.2) is 12.2 Å². The molecule has 148 valence electrons. The van der Waals surface area contributed by atoms with Gasteiger partial charge in [-0.3, -0.25) is 0 Å². The number of hydrogen-bond acceptors (Lipinski definition) is 1. The Balaban J connectivity index is 1.56. The topological polar surface area (TPSA) is 20.2 Å². The smallest absolute Gasteiger partial charge is 0.0650 e. The Kier molecular flexibility index (Phi) is 4.66. The molecular weight excluding hydrogens is 316 g/mol. The average Bonchev–Trinajstić information content (AvgIpc) is 2.93. The van der Waals surface area contributed by atoms with Gasteiger partial charge in [-0.25, -0.2) is 0 Å². The molecule has 0 radical (unpaired) electrons. The lowest BCUT2D eigenvalue weighted by atomic mass is 9.43. The van der Waals surface area contributed by atoms with E-state index in [1.807, 2.05) is 0 Å². The van der Waals surface area contributed by atoms with Crippen molar-refractivity contribution in [3.05, 3.63) is 12.2 Å². The van der Waals surface area contributed by atoms with Crippen LogP contribution in [0.4, 0.5) is 0 Å². The summed E-state index contributed by atoms with van der Waals surface area (Å²) in [5, 5.41) is 11.1. The molecule has 0 heterocycles. The van der Waals surface area contributed by atoms with E-state index in [1.54, 1.807) is 0 Å². The van der Waals surface area contributed by atoms with Gasteiger partial charge in [-0.15, -0.1) is 0 Å². The van der Waals surface area contributed by atoms with Gasteiger partial charge in [0.15, 0.2) is 0 Å². The van der Waals surface area contributed by atoms with Crippen LogP contribution in [0.1, 0.15) is 98.3 Å². The monoisotopic (exact) mass is 358 g/mol. The van der Waals surface area contributed by atoms with Crippen molar-refractivity contribution in [2.24, 2.45) is 40.4 Å². The van der Waals surface area contributed by atoms with E-state index in [-0.39, 0.29) is 5.60 Å². The van der Waals surface area contributed by atoms with Crippen LogP contribution in [0.2, 0.25) is 0 Å². The van der Waals surface area contributed by atoms with Crippen molar-refractivity contribution in [3.63, 3.8) is 0 Å². The highest BCUT2D eigenvalue weighted by Gasteiger charge is 2.61. The fourth-order valence-corrected chi connectivity index (χ4v) is 8.82. The van der Waals surface area contributed by atoms with Crippen molar-refractivity contribution in [1.82, 2.24) is 0 Å². The van der Waals surface area contributed by atoms with Crippen LogP contribution in [-0.4, -0.2) is 10.7 Å². The van der Waals surface area contributed by atoms with Gasteiger partial charge in [-0.05, 0) is 112 Å². The Bertz CT molecular complexity index is 567. The summed E-state index contributed by atoms with van der Waals surface area (Å²) in [5.41, 5.74) is 2.10. The summed E-state index contributed by atoms with van der Waals surface area (Å²) in [6, 6.07) is 0. The van der Waals surface area contributed by atoms with Crippen LogP contribution in [0, 0.1) is 40.4 Å². The van der Waals surface area contributed by atoms with Crippen molar-refractivity contribution in [2.75, 3.05) is 0 Å². The zero-order valence-electron chi connectivity index (χ0n) is 17.8. The first-order valence-electron chi connectivity index (χ1n) is 11.6. The maximum absolute atomic E-state index is 11.1. The Labute approximate surface area is 162 Å². The van der Waals surface area contributed by atoms with Gasteiger partial charge in [0.25, 0.3) is 0 Å². The fraction of sp³-hybridized carbons (Fsp3) is 0.920. The predicted molar refractivity (Wildman–Crippen MR) is 110 cm³/mol. The van der Waals surface area contributed by atoms with Crippen LogP contribution < -0.4 is 0 Å². The van der Waals surface area contributed by atoms with E-state index in [1.165, 1.54) is 50.5 Å². The Morgan fingerprint density at radius 2 is 1.69 bits per heavy atom. The summed E-state index contributed by atoms with van der Waals surface area (Å²) in [6.45, 7) is 14.1. The third-order valence-electron chi connectivity index (χ3n) is 10.1. The van der Waals surface area contributed by atoms with Crippen molar-refractivity contribution in [3.8, 4) is 0 Å². The molecule has 4 fully saturated rings. The van der Waals surface area contributed by atoms with Crippen molar-refractivity contribution >= 4 is 0 Å². The second-order valence-corrected chi connectivity index (χ2v) is 11.4. The van der Waals surface area contributed by atoms with Gasteiger partial charge in [0.2, 0.25) is 0 Å². The molecule has 0 aromatic heterocycles. The van der Waals surface area contributed by atoms with Crippen LogP contribution in [0.5, 0.6) is 0 Å². The minimum Gasteiger partial charge on any atom is -0.390 e.